The molecule has 0 unspecified atom stereocenters. The zero-order valence-electron chi connectivity index (χ0n) is 44.7. The highest BCUT2D eigenvalue weighted by Crippen LogP contribution is 2.36. The molecular formula is C54H65N13O14S. The number of aromatic nitrogens is 1. The summed E-state index contributed by atoms with van der Waals surface area (Å²) < 4.78 is 0. The molecule has 4 aromatic carbocycles. The van der Waals surface area contributed by atoms with Crippen LogP contribution in [-0.4, -0.2) is 145 Å². The molecule has 7 atom stereocenters. The summed E-state index contributed by atoms with van der Waals surface area (Å²) in [5.41, 5.74) is 11.8. The second kappa shape index (κ2) is 29.1. The van der Waals surface area contributed by atoms with Gasteiger partial charge in [0.2, 0.25) is 35.4 Å². The number of aliphatic carboxylic acids is 1. The van der Waals surface area contributed by atoms with Crippen molar-refractivity contribution in [2.24, 2.45) is 16.5 Å². The summed E-state index contributed by atoms with van der Waals surface area (Å²) in [6.07, 6.45) is 3.68. The number of para-hydroxylation sites is 1. The average molecular weight is 1150 g/mol. The first kappa shape index (κ1) is 61.7. The van der Waals surface area contributed by atoms with Gasteiger partial charge in [0.1, 0.15) is 59.5 Å². The molecule has 6 amide bonds. The fraction of sp³-hybridized carbons (Fsp3) is 0.370. The van der Waals surface area contributed by atoms with Crippen LogP contribution in [0.3, 0.4) is 0 Å². The molecule has 0 radical (unpaired) electrons. The van der Waals surface area contributed by atoms with Gasteiger partial charge in [-0.1, -0.05) is 42.5 Å². The SMILES string of the molecule is CSCC[C@H](NC(=O)[C@H](Cc1c[nH]c2ccccc12)NC(=O)[C@H](Cc1ccc(O)cc1)NC(=O)[C@H](C)NC(=O)[C@H](Cc1ccc(O)cc1)NC(=O)[C@@H]1CCCN1c1ccc([N+](=O)[O-])cc1[N+](=O)[O-])C(=O)N[C@@H](CCCN=C(N)N)C(=O)O. The smallest absolute Gasteiger partial charge is 0.326 e. The van der Waals surface area contributed by atoms with Crippen molar-refractivity contribution in [1.29, 1.82) is 0 Å². The van der Waals surface area contributed by atoms with Gasteiger partial charge in [-0.05, 0) is 104 Å². The number of nitrogens with one attached hydrogen (secondary N) is 7. The van der Waals surface area contributed by atoms with Crippen molar-refractivity contribution in [2.45, 2.75) is 101 Å². The Morgan fingerprint density at radius 3 is 1.88 bits per heavy atom. The topological polar surface area (TPSA) is 422 Å². The highest BCUT2D eigenvalue weighted by atomic mass is 32.2. The molecule has 14 N–H and O–H groups in total. The number of hydrogen-bond acceptors (Lipinski definition) is 16. The zero-order valence-corrected chi connectivity index (χ0v) is 45.6. The number of amides is 6. The predicted octanol–water partition coefficient (Wildman–Crippen LogP) is 1.91. The first-order valence-corrected chi connectivity index (χ1v) is 27.4. The number of phenols is 2. The third-order valence-electron chi connectivity index (χ3n) is 13.5. The van der Waals surface area contributed by atoms with E-state index in [1.807, 2.05) is 0 Å². The van der Waals surface area contributed by atoms with Crippen molar-refractivity contribution in [3.05, 3.63) is 134 Å². The highest BCUT2D eigenvalue weighted by Gasteiger charge is 2.38. The Morgan fingerprint density at radius 2 is 1.28 bits per heavy atom. The number of carboxylic acid groups (broad SMARTS) is 1. The van der Waals surface area contributed by atoms with E-state index >= 15 is 0 Å². The molecule has 1 saturated heterocycles. The van der Waals surface area contributed by atoms with Crippen molar-refractivity contribution in [3.8, 4) is 11.5 Å². The van der Waals surface area contributed by atoms with Crippen molar-refractivity contribution >= 4 is 87.1 Å². The number of carboxylic acids is 1. The molecule has 27 nitrogen and oxygen atoms in total. The summed E-state index contributed by atoms with van der Waals surface area (Å²) in [4.78, 5) is 129. The molecule has 1 aliphatic heterocycles. The van der Waals surface area contributed by atoms with E-state index in [0.29, 0.717) is 39.8 Å². The summed E-state index contributed by atoms with van der Waals surface area (Å²) in [7, 11) is 0. The minimum Gasteiger partial charge on any atom is -0.508 e. The number of benzene rings is 4. The fourth-order valence-corrected chi connectivity index (χ4v) is 9.72. The standard InChI is InChI=1S/C54H65N13O14S/c1-30(59-49(72)41(25-31-11-16-35(68)17-12-31)64-52(75)45-10-6-23-65(45)44-20-15-34(66(78)79)28-46(44)67(80)81)47(70)62-42(26-32-13-18-36(69)19-14-32)50(73)63-43(27-33-29-58-38-8-4-3-7-37(33)38)51(74)60-39(21-24-82-2)48(71)61-40(53(76)77)9-5-22-57-54(55)56/h3-4,7-8,11-20,28-30,39-43,45,58,68-69H,5-6,9-10,21-27H2,1-2H3,(H,59,72)(H,60,74)(H,61,71)(H,62,70)(H,63,73)(H,64,75)(H,76,77)(H4,55,56,57)/t30-,39-,40-,41-,42-,43-,45-/m0/s1. The van der Waals surface area contributed by atoms with Crippen LogP contribution in [0.15, 0.2) is 102 Å². The Balaban J connectivity index is 1.24. The van der Waals surface area contributed by atoms with E-state index in [0.717, 1.165) is 12.1 Å². The van der Waals surface area contributed by atoms with Gasteiger partial charge in [-0.2, -0.15) is 11.8 Å². The van der Waals surface area contributed by atoms with Crippen LogP contribution in [0.5, 0.6) is 11.5 Å². The molecule has 0 bridgehead atoms. The Labute approximate surface area is 473 Å². The predicted molar refractivity (Wildman–Crippen MR) is 304 cm³/mol. The maximum absolute atomic E-state index is 14.7. The van der Waals surface area contributed by atoms with Gasteiger partial charge in [-0.25, -0.2) is 4.79 Å². The molecule has 1 aliphatic rings. The number of non-ortho nitro benzene ring substituents is 1. The van der Waals surface area contributed by atoms with Crippen molar-refractivity contribution < 1.29 is 58.7 Å². The maximum Gasteiger partial charge on any atom is 0.326 e. The van der Waals surface area contributed by atoms with E-state index in [1.54, 1.807) is 36.7 Å². The minimum absolute atomic E-state index is 0.0449. The number of aromatic amines is 1. The molecular weight excluding hydrogens is 1090 g/mol. The molecule has 82 heavy (non-hydrogen) atoms. The van der Waals surface area contributed by atoms with Crippen molar-refractivity contribution in [3.63, 3.8) is 0 Å². The lowest BCUT2D eigenvalue weighted by Gasteiger charge is -2.28. The first-order valence-electron chi connectivity index (χ1n) is 26.0. The number of nitrogens with two attached hydrogens (primary N) is 2. The normalized spacial score (nSPS) is 15.1. The Morgan fingerprint density at radius 1 is 0.720 bits per heavy atom. The molecule has 0 aliphatic carbocycles. The maximum atomic E-state index is 14.7. The molecule has 28 heteroatoms. The molecule has 6 rings (SSSR count). The number of thioether (sulfide) groups is 1. The van der Waals surface area contributed by atoms with E-state index in [1.165, 1.54) is 78.2 Å². The van der Waals surface area contributed by atoms with E-state index in [-0.39, 0.29) is 81.2 Å². The van der Waals surface area contributed by atoms with Crippen LogP contribution < -0.4 is 48.3 Å². The van der Waals surface area contributed by atoms with Gasteiger partial charge in [-0.15, -0.1) is 0 Å². The summed E-state index contributed by atoms with van der Waals surface area (Å²) in [6.45, 7) is 1.58. The third kappa shape index (κ3) is 17.3. The van der Waals surface area contributed by atoms with E-state index in [2.05, 4.69) is 41.9 Å². The lowest BCUT2D eigenvalue weighted by Crippen LogP contribution is -2.60. The lowest BCUT2D eigenvalue weighted by molar-refractivity contribution is -0.393. The average Bonchev–Trinajstić information content (AvgIpc) is 4.20. The number of carbonyl (C=O) groups is 7. The number of H-pyrrole nitrogens is 1. The number of hydrogen-bond donors (Lipinski definition) is 12. The molecule has 0 saturated carbocycles. The van der Waals surface area contributed by atoms with Crippen LogP contribution in [0.1, 0.15) is 55.7 Å². The van der Waals surface area contributed by atoms with Gasteiger partial charge in [0.05, 0.1) is 15.9 Å². The minimum atomic E-state index is -1.48. The van der Waals surface area contributed by atoms with Crippen molar-refractivity contribution in [2.75, 3.05) is 30.0 Å². The quantitative estimate of drug-likeness (QED) is 0.0107. The van der Waals surface area contributed by atoms with Gasteiger partial charge in [-0.3, -0.25) is 54.0 Å². The lowest BCUT2D eigenvalue weighted by atomic mass is 10.0. The van der Waals surface area contributed by atoms with Crippen molar-refractivity contribution in [1.82, 2.24) is 36.9 Å². The number of fused-ring (bicyclic) bond motifs is 1. The Bertz CT molecular complexity index is 3160. The summed E-state index contributed by atoms with van der Waals surface area (Å²) in [5, 5.41) is 70.2. The van der Waals surface area contributed by atoms with Crippen LogP contribution >= 0.6 is 11.8 Å². The summed E-state index contributed by atoms with van der Waals surface area (Å²) in [6, 6.07) is 12.3. The van der Waals surface area contributed by atoms with E-state index < -0.39 is 105 Å². The molecule has 436 valence electrons. The Kier molecular flexibility index (Phi) is 21.9. The number of rotatable bonds is 29. The van der Waals surface area contributed by atoms with Gasteiger partial charge >= 0.3 is 5.97 Å². The highest BCUT2D eigenvalue weighted by molar-refractivity contribution is 7.98. The van der Waals surface area contributed by atoms with E-state index in [4.69, 9.17) is 11.5 Å². The van der Waals surface area contributed by atoms with Gasteiger partial charge in [0.25, 0.3) is 11.4 Å². The van der Waals surface area contributed by atoms with Crippen LogP contribution in [0.25, 0.3) is 10.9 Å². The number of aliphatic imine (C=N–C) groups is 1. The molecule has 1 aromatic heterocycles. The van der Waals surface area contributed by atoms with Gasteiger partial charge in [0, 0.05) is 55.5 Å². The molecule has 2 heterocycles. The first-order chi connectivity index (χ1) is 39.1. The molecule has 5 aromatic rings. The third-order valence-corrected chi connectivity index (χ3v) is 14.2. The number of nitro groups is 2. The number of aromatic hydroxyl groups is 2. The number of anilines is 1. The fourth-order valence-electron chi connectivity index (χ4n) is 9.25. The monoisotopic (exact) mass is 1150 g/mol. The second-order valence-electron chi connectivity index (χ2n) is 19.4. The second-order valence-corrected chi connectivity index (χ2v) is 20.4. The van der Waals surface area contributed by atoms with Gasteiger partial charge < -0.3 is 68.6 Å². The van der Waals surface area contributed by atoms with Crippen LogP contribution in [-0.2, 0) is 52.8 Å². The largest absolute Gasteiger partial charge is 0.508 e. The van der Waals surface area contributed by atoms with Crippen LogP contribution in [0, 0.1) is 20.2 Å². The number of guanidine groups is 1. The Hall–Kier alpha value is -9.47. The summed E-state index contributed by atoms with van der Waals surface area (Å²) in [5.74, 6) is -6.36. The zero-order chi connectivity index (χ0) is 59.6. The van der Waals surface area contributed by atoms with Crippen LogP contribution in [0.4, 0.5) is 17.1 Å². The van der Waals surface area contributed by atoms with Crippen LogP contribution in [0.2, 0.25) is 0 Å². The number of nitrogens with zero attached hydrogens (tertiary/aromatic N) is 4. The number of carbonyl (C=O) groups excluding carboxylic acids is 6. The molecule has 1 fully saturated rings. The molecule has 0 spiro atoms. The number of phenolic OH excluding ortho intramolecular Hbond substituents is 2. The summed E-state index contributed by atoms with van der Waals surface area (Å²) >= 11 is 1.37. The van der Waals surface area contributed by atoms with Gasteiger partial charge in [0.15, 0.2) is 5.96 Å². The van der Waals surface area contributed by atoms with E-state index in [9.17, 15) is 69.1 Å². The number of nitro benzene ring substituents is 2.